The first-order valence-electron chi connectivity index (χ1n) is 7.89. The Hall–Kier alpha value is -2.58. The predicted molar refractivity (Wildman–Crippen MR) is 88.4 cm³/mol. The van der Waals surface area contributed by atoms with E-state index >= 15 is 0 Å². The molecule has 0 N–H and O–H groups in total. The van der Waals surface area contributed by atoms with Crippen molar-refractivity contribution in [3.63, 3.8) is 0 Å². The molecule has 132 valence electrons. The third kappa shape index (κ3) is 3.84. The van der Waals surface area contributed by atoms with Crippen LogP contribution in [-0.2, 0) is 12.8 Å². The molecule has 0 bridgehead atoms. The number of rotatable bonds is 9. The average Bonchev–Trinajstić information content (AvgIpc) is 2.48. The van der Waals surface area contributed by atoms with Gasteiger partial charge < -0.3 is 0 Å². The summed E-state index contributed by atoms with van der Waals surface area (Å²) in [4.78, 5) is 32.3. The summed E-state index contributed by atoms with van der Waals surface area (Å²) in [5.41, 5.74) is -1.56. The fourth-order valence-corrected chi connectivity index (χ4v) is 2.87. The summed E-state index contributed by atoms with van der Waals surface area (Å²) in [5.74, 6) is 0. The monoisotopic (exact) mass is 339 g/mol. The Morgan fingerprint density at radius 1 is 0.708 bits per heavy atom. The molecular formula is C15H21N3O6. The van der Waals surface area contributed by atoms with Gasteiger partial charge in [-0.3, -0.25) is 30.3 Å². The quantitative estimate of drug-likeness (QED) is 0.484. The van der Waals surface area contributed by atoms with Gasteiger partial charge in [0.05, 0.1) is 14.8 Å². The highest BCUT2D eigenvalue weighted by Gasteiger charge is 2.39. The Morgan fingerprint density at radius 2 is 1.04 bits per heavy atom. The molecule has 0 spiro atoms. The van der Waals surface area contributed by atoms with Crippen molar-refractivity contribution in [2.24, 2.45) is 0 Å². The summed E-state index contributed by atoms with van der Waals surface area (Å²) < 4.78 is 0. The van der Waals surface area contributed by atoms with Crippen LogP contribution in [0, 0.1) is 37.3 Å². The smallest absolute Gasteiger partial charge is 0.258 e. The lowest BCUT2D eigenvalue weighted by molar-refractivity contribution is -0.405. The SMILES string of the molecule is CCCCc1c([N+](=O)[O-])c(C)c([N+](=O)[O-])c(CCCC)c1[N+](=O)[O-]. The molecule has 0 aliphatic carbocycles. The number of nitro benzene ring substituents is 3. The van der Waals surface area contributed by atoms with Crippen LogP contribution in [0.15, 0.2) is 0 Å². The first-order chi connectivity index (χ1) is 11.3. The van der Waals surface area contributed by atoms with Crippen LogP contribution < -0.4 is 0 Å². The summed E-state index contributed by atoms with van der Waals surface area (Å²) in [6, 6.07) is 0. The van der Waals surface area contributed by atoms with E-state index < -0.39 is 31.8 Å². The van der Waals surface area contributed by atoms with Crippen LogP contribution in [0.1, 0.15) is 56.2 Å². The predicted octanol–water partition coefficient (Wildman–Crippen LogP) is 4.40. The lowest BCUT2D eigenvalue weighted by atomic mass is 9.92. The first-order valence-corrected chi connectivity index (χ1v) is 7.89. The van der Waals surface area contributed by atoms with Crippen molar-refractivity contribution in [3.8, 4) is 0 Å². The van der Waals surface area contributed by atoms with Gasteiger partial charge in [-0.15, -0.1) is 0 Å². The van der Waals surface area contributed by atoms with Crippen LogP contribution in [0.2, 0.25) is 0 Å². The van der Waals surface area contributed by atoms with E-state index in [1.165, 1.54) is 6.92 Å². The van der Waals surface area contributed by atoms with Crippen molar-refractivity contribution in [1.29, 1.82) is 0 Å². The summed E-state index contributed by atoms with van der Waals surface area (Å²) in [5, 5.41) is 34.5. The molecule has 0 aliphatic rings. The van der Waals surface area contributed by atoms with Gasteiger partial charge in [0.25, 0.3) is 17.1 Å². The highest BCUT2D eigenvalue weighted by Crippen LogP contribution is 2.43. The number of nitrogens with zero attached hydrogens (tertiary/aromatic N) is 3. The highest BCUT2D eigenvalue weighted by atomic mass is 16.6. The summed E-state index contributed by atoms with van der Waals surface area (Å²) in [7, 11) is 0. The van der Waals surface area contributed by atoms with E-state index in [2.05, 4.69) is 0 Å². The molecule has 1 aromatic carbocycles. The molecular weight excluding hydrogens is 318 g/mol. The zero-order valence-corrected chi connectivity index (χ0v) is 14.0. The highest BCUT2D eigenvalue weighted by molar-refractivity contribution is 5.71. The Balaban J connectivity index is 3.89. The van der Waals surface area contributed by atoms with Crippen LogP contribution in [0.5, 0.6) is 0 Å². The minimum Gasteiger partial charge on any atom is -0.258 e. The van der Waals surface area contributed by atoms with Gasteiger partial charge in [-0.25, -0.2) is 0 Å². The third-order valence-corrected chi connectivity index (χ3v) is 3.96. The molecule has 24 heavy (non-hydrogen) atoms. The Kier molecular flexibility index (Phi) is 6.75. The zero-order valence-electron chi connectivity index (χ0n) is 14.0. The molecule has 1 aromatic rings. The van der Waals surface area contributed by atoms with E-state index in [4.69, 9.17) is 0 Å². The van der Waals surface area contributed by atoms with Gasteiger partial charge in [-0.2, -0.15) is 0 Å². The van der Waals surface area contributed by atoms with E-state index in [-0.39, 0.29) is 29.5 Å². The summed E-state index contributed by atoms with van der Waals surface area (Å²) >= 11 is 0. The lowest BCUT2D eigenvalue weighted by Gasteiger charge is -2.12. The van der Waals surface area contributed by atoms with Gasteiger partial charge in [0, 0.05) is 0 Å². The van der Waals surface area contributed by atoms with E-state index in [9.17, 15) is 30.3 Å². The van der Waals surface area contributed by atoms with Crippen molar-refractivity contribution in [1.82, 2.24) is 0 Å². The van der Waals surface area contributed by atoms with Crippen LogP contribution >= 0.6 is 0 Å². The van der Waals surface area contributed by atoms with Gasteiger partial charge in [-0.1, -0.05) is 26.7 Å². The van der Waals surface area contributed by atoms with Gasteiger partial charge >= 0.3 is 0 Å². The van der Waals surface area contributed by atoms with Crippen LogP contribution in [0.3, 0.4) is 0 Å². The molecule has 0 fully saturated rings. The molecule has 0 atom stereocenters. The second-order valence-electron chi connectivity index (χ2n) is 5.61. The second-order valence-corrected chi connectivity index (χ2v) is 5.61. The van der Waals surface area contributed by atoms with Crippen LogP contribution in [0.25, 0.3) is 0 Å². The molecule has 9 nitrogen and oxygen atoms in total. The molecule has 0 unspecified atom stereocenters. The van der Waals surface area contributed by atoms with Crippen molar-refractivity contribution >= 4 is 17.1 Å². The van der Waals surface area contributed by atoms with Gasteiger partial charge in [-0.05, 0) is 32.6 Å². The molecule has 0 aromatic heterocycles. The minimum atomic E-state index is -0.746. The van der Waals surface area contributed by atoms with E-state index in [0.717, 1.165) is 0 Å². The molecule has 0 amide bonds. The number of hydrogen-bond acceptors (Lipinski definition) is 6. The van der Waals surface area contributed by atoms with Gasteiger partial charge in [0.1, 0.15) is 16.7 Å². The van der Waals surface area contributed by atoms with Crippen molar-refractivity contribution in [3.05, 3.63) is 47.0 Å². The molecule has 0 aliphatic heterocycles. The van der Waals surface area contributed by atoms with Gasteiger partial charge in [0.15, 0.2) is 0 Å². The fraction of sp³-hybridized carbons (Fsp3) is 0.600. The van der Waals surface area contributed by atoms with E-state index in [1.54, 1.807) is 0 Å². The maximum Gasteiger partial charge on any atom is 0.289 e. The second kappa shape index (κ2) is 8.32. The Bertz CT molecular complexity index is 625. The molecule has 1 rings (SSSR count). The van der Waals surface area contributed by atoms with Crippen molar-refractivity contribution < 1.29 is 14.8 Å². The number of hydrogen-bond donors (Lipinski definition) is 0. The van der Waals surface area contributed by atoms with Crippen molar-refractivity contribution in [2.75, 3.05) is 0 Å². The molecule has 9 heteroatoms. The summed E-state index contributed by atoms with van der Waals surface area (Å²) in [6.45, 7) is 5.03. The van der Waals surface area contributed by atoms with E-state index in [1.807, 2.05) is 13.8 Å². The van der Waals surface area contributed by atoms with Crippen LogP contribution in [-0.4, -0.2) is 14.8 Å². The Morgan fingerprint density at radius 3 is 1.29 bits per heavy atom. The number of unbranched alkanes of at least 4 members (excludes halogenated alkanes) is 2. The molecule has 0 heterocycles. The Labute approximate surface area is 139 Å². The first kappa shape index (κ1) is 19.5. The zero-order chi connectivity index (χ0) is 18.4. The van der Waals surface area contributed by atoms with Crippen LogP contribution in [0.4, 0.5) is 17.1 Å². The average molecular weight is 339 g/mol. The third-order valence-electron chi connectivity index (χ3n) is 3.96. The molecule has 0 radical (unpaired) electrons. The fourth-order valence-electron chi connectivity index (χ4n) is 2.87. The summed E-state index contributed by atoms with van der Waals surface area (Å²) in [6.07, 6.45) is 2.78. The van der Waals surface area contributed by atoms with Crippen molar-refractivity contribution in [2.45, 2.75) is 59.3 Å². The van der Waals surface area contributed by atoms with Gasteiger partial charge in [0.2, 0.25) is 0 Å². The molecule has 0 saturated carbocycles. The lowest BCUT2D eigenvalue weighted by Crippen LogP contribution is -2.11. The minimum absolute atomic E-state index is 0.000975. The normalized spacial score (nSPS) is 10.6. The standard InChI is InChI=1S/C15H21N3O6/c1-4-6-8-11-13(16(19)20)10(3)14(17(21)22)12(9-7-5-2)15(11)18(23)24/h4-9H2,1-3H3. The number of benzene rings is 1. The van der Waals surface area contributed by atoms with E-state index in [0.29, 0.717) is 25.7 Å². The maximum atomic E-state index is 11.6. The largest absolute Gasteiger partial charge is 0.289 e. The topological polar surface area (TPSA) is 129 Å². The number of nitro groups is 3. The maximum absolute atomic E-state index is 11.6. The molecule has 0 saturated heterocycles.